The van der Waals surface area contributed by atoms with E-state index in [4.69, 9.17) is 0 Å². The van der Waals surface area contributed by atoms with Crippen LogP contribution in [0.4, 0.5) is 0 Å². The largest absolute Gasteiger partial charge is 0.394 e. The lowest BCUT2D eigenvalue weighted by Gasteiger charge is -2.19. The number of aliphatic hydroxyl groups is 1. The van der Waals surface area contributed by atoms with E-state index in [9.17, 15) is 9.90 Å². The van der Waals surface area contributed by atoms with Crippen LogP contribution in [0.25, 0.3) is 0 Å². The maximum atomic E-state index is 11.8. The molecule has 160 valence electrons. The Bertz CT molecular complexity index is 475. The maximum absolute atomic E-state index is 11.8. The quantitative estimate of drug-likeness (QED) is 0.228. The lowest BCUT2D eigenvalue weighted by Crippen LogP contribution is -2.40. The van der Waals surface area contributed by atoms with Gasteiger partial charge in [0.05, 0.1) is 12.6 Å². The van der Waals surface area contributed by atoms with Crippen molar-refractivity contribution >= 4 is 5.91 Å². The van der Waals surface area contributed by atoms with Gasteiger partial charge in [-0.05, 0) is 50.9 Å². The maximum Gasteiger partial charge on any atom is 0.220 e. The van der Waals surface area contributed by atoms with Crippen LogP contribution in [0.3, 0.4) is 0 Å². The second-order valence-corrected chi connectivity index (χ2v) is 7.58. The van der Waals surface area contributed by atoms with Gasteiger partial charge in [-0.15, -0.1) is 0 Å². The normalized spacial score (nSPS) is 13.6. The van der Waals surface area contributed by atoms with Crippen molar-refractivity contribution in [1.29, 1.82) is 0 Å². The van der Waals surface area contributed by atoms with Crippen LogP contribution < -0.4 is 5.32 Å². The van der Waals surface area contributed by atoms with Gasteiger partial charge >= 0.3 is 0 Å². The molecule has 28 heavy (non-hydrogen) atoms. The number of rotatable bonds is 17. The van der Waals surface area contributed by atoms with Gasteiger partial charge in [-0.25, -0.2) is 0 Å². The first-order chi connectivity index (χ1) is 13.6. The molecule has 0 radical (unpaired) electrons. The Balaban J connectivity index is 3.61. The standard InChI is InChI=1S/C25H43NO2/c1-4-5-6-7-8-9-10-11-12-13-14-15-16-17-18-19-20-21-25(28)26-24(22-27)23(2)3/h8-9,11-12,14-15,17-18,23-24,27H,4-7,10,13,16,19-22H2,1-3H3,(H,26,28)/b9-8-,12-11-,15-14-,18-17-. The highest BCUT2D eigenvalue weighted by Crippen LogP contribution is 2.04. The summed E-state index contributed by atoms with van der Waals surface area (Å²) in [5, 5.41) is 12.1. The molecule has 0 aliphatic heterocycles. The number of hydrogen-bond donors (Lipinski definition) is 2. The molecular weight excluding hydrogens is 346 g/mol. The Morgan fingerprint density at radius 2 is 1.32 bits per heavy atom. The van der Waals surface area contributed by atoms with E-state index < -0.39 is 0 Å². The lowest BCUT2D eigenvalue weighted by molar-refractivity contribution is -0.122. The fraction of sp³-hybridized carbons (Fsp3) is 0.640. The van der Waals surface area contributed by atoms with Crippen LogP contribution in [0.15, 0.2) is 48.6 Å². The molecule has 3 nitrogen and oxygen atoms in total. The van der Waals surface area contributed by atoms with E-state index in [1.807, 2.05) is 13.8 Å². The molecule has 0 aliphatic rings. The highest BCUT2D eigenvalue weighted by molar-refractivity contribution is 5.76. The molecule has 0 heterocycles. The number of amides is 1. The van der Waals surface area contributed by atoms with E-state index in [1.54, 1.807) is 0 Å². The molecule has 0 fully saturated rings. The van der Waals surface area contributed by atoms with Crippen molar-refractivity contribution in [2.75, 3.05) is 6.61 Å². The summed E-state index contributed by atoms with van der Waals surface area (Å²) in [6, 6.07) is -0.135. The molecule has 0 aromatic carbocycles. The predicted molar refractivity (Wildman–Crippen MR) is 122 cm³/mol. The molecular formula is C25H43NO2. The monoisotopic (exact) mass is 389 g/mol. The Morgan fingerprint density at radius 3 is 1.79 bits per heavy atom. The number of carbonyl (C=O) groups excluding carboxylic acids is 1. The zero-order chi connectivity index (χ0) is 20.9. The number of allylic oxidation sites excluding steroid dienone is 8. The molecule has 0 bridgehead atoms. The summed E-state index contributed by atoms with van der Waals surface area (Å²) in [7, 11) is 0. The van der Waals surface area contributed by atoms with Crippen LogP contribution in [-0.2, 0) is 4.79 Å². The minimum atomic E-state index is -0.135. The minimum Gasteiger partial charge on any atom is -0.394 e. The first kappa shape index (κ1) is 26.4. The van der Waals surface area contributed by atoms with Gasteiger partial charge < -0.3 is 10.4 Å². The van der Waals surface area contributed by atoms with Gasteiger partial charge in [-0.3, -0.25) is 4.79 Å². The van der Waals surface area contributed by atoms with Gasteiger partial charge in [0, 0.05) is 6.42 Å². The minimum absolute atomic E-state index is 0.000576. The van der Waals surface area contributed by atoms with Crippen LogP contribution in [0.2, 0.25) is 0 Å². The molecule has 0 saturated carbocycles. The van der Waals surface area contributed by atoms with E-state index in [2.05, 4.69) is 60.8 Å². The number of unbranched alkanes of at least 4 members (excludes halogenated alkanes) is 4. The second-order valence-electron chi connectivity index (χ2n) is 7.58. The van der Waals surface area contributed by atoms with Crippen molar-refractivity contribution in [2.45, 2.75) is 91.0 Å². The van der Waals surface area contributed by atoms with Crippen molar-refractivity contribution < 1.29 is 9.90 Å². The summed E-state index contributed by atoms with van der Waals surface area (Å²) in [5.41, 5.74) is 0. The molecule has 2 N–H and O–H groups in total. The van der Waals surface area contributed by atoms with Crippen molar-refractivity contribution in [1.82, 2.24) is 5.32 Å². The van der Waals surface area contributed by atoms with Crippen LogP contribution in [0.1, 0.15) is 85.0 Å². The zero-order valence-electron chi connectivity index (χ0n) is 18.4. The first-order valence-electron chi connectivity index (χ1n) is 11.1. The fourth-order valence-electron chi connectivity index (χ4n) is 2.64. The summed E-state index contributed by atoms with van der Waals surface area (Å²) in [4.78, 5) is 11.8. The summed E-state index contributed by atoms with van der Waals surface area (Å²) in [6.07, 6.45) is 28.0. The Hall–Kier alpha value is -1.61. The molecule has 0 saturated heterocycles. The number of aliphatic hydroxyl groups excluding tert-OH is 1. The van der Waals surface area contributed by atoms with Gasteiger partial charge in [0.2, 0.25) is 5.91 Å². The number of carbonyl (C=O) groups is 1. The fourth-order valence-corrected chi connectivity index (χ4v) is 2.64. The summed E-state index contributed by atoms with van der Waals surface area (Å²) in [6.45, 7) is 6.24. The average molecular weight is 390 g/mol. The van der Waals surface area contributed by atoms with Gasteiger partial charge in [-0.1, -0.05) is 82.2 Å². The summed E-state index contributed by atoms with van der Waals surface area (Å²) < 4.78 is 0. The first-order valence-corrected chi connectivity index (χ1v) is 11.1. The van der Waals surface area contributed by atoms with Crippen molar-refractivity contribution in [3.8, 4) is 0 Å². The van der Waals surface area contributed by atoms with Crippen molar-refractivity contribution in [3.05, 3.63) is 48.6 Å². The SMILES string of the molecule is CCCCC/C=C\C/C=C\C/C=C\C/C=C\CCCC(=O)NC(CO)C(C)C. The van der Waals surface area contributed by atoms with Crippen molar-refractivity contribution in [3.63, 3.8) is 0 Å². The lowest BCUT2D eigenvalue weighted by atomic mass is 10.1. The molecule has 3 heteroatoms. The molecule has 1 atom stereocenters. The van der Waals surface area contributed by atoms with Gasteiger partial charge in [0.1, 0.15) is 0 Å². The Morgan fingerprint density at radius 1 is 0.821 bits per heavy atom. The van der Waals surface area contributed by atoms with Crippen LogP contribution in [0, 0.1) is 5.92 Å². The topological polar surface area (TPSA) is 49.3 Å². The van der Waals surface area contributed by atoms with E-state index in [0.29, 0.717) is 6.42 Å². The van der Waals surface area contributed by atoms with E-state index in [0.717, 1.165) is 32.1 Å². The molecule has 0 spiro atoms. The van der Waals surface area contributed by atoms with Crippen LogP contribution in [-0.4, -0.2) is 23.7 Å². The van der Waals surface area contributed by atoms with Crippen LogP contribution in [0.5, 0.6) is 0 Å². The number of hydrogen-bond acceptors (Lipinski definition) is 2. The third-order valence-corrected chi connectivity index (χ3v) is 4.58. The summed E-state index contributed by atoms with van der Waals surface area (Å²) >= 11 is 0. The number of nitrogens with one attached hydrogen (secondary N) is 1. The summed E-state index contributed by atoms with van der Waals surface area (Å²) in [5.74, 6) is 0.283. The van der Waals surface area contributed by atoms with E-state index in [1.165, 1.54) is 25.7 Å². The highest BCUT2D eigenvalue weighted by atomic mass is 16.3. The molecule has 0 aromatic rings. The van der Waals surface area contributed by atoms with Gasteiger partial charge in [0.25, 0.3) is 0 Å². The molecule has 1 amide bonds. The second kappa shape index (κ2) is 20.1. The average Bonchev–Trinajstić information content (AvgIpc) is 2.68. The van der Waals surface area contributed by atoms with Crippen molar-refractivity contribution in [2.24, 2.45) is 5.92 Å². The molecule has 0 rings (SSSR count). The van der Waals surface area contributed by atoms with E-state index in [-0.39, 0.29) is 24.5 Å². The Kier molecular flexibility index (Phi) is 19.0. The van der Waals surface area contributed by atoms with Crippen LogP contribution >= 0.6 is 0 Å². The van der Waals surface area contributed by atoms with E-state index >= 15 is 0 Å². The third kappa shape index (κ3) is 17.8. The smallest absolute Gasteiger partial charge is 0.220 e. The zero-order valence-corrected chi connectivity index (χ0v) is 18.4. The predicted octanol–water partition coefficient (Wildman–Crippen LogP) is 6.27. The Labute approximate surface area is 173 Å². The molecule has 0 aromatic heterocycles. The molecule has 1 unspecified atom stereocenters. The highest BCUT2D eigenvalue weighted by Gasteiger charge is 2.14. The third-order valence-electron chi connectivity index (χ3n) is 4.58. The van der Waals surface area contributed by atoms with Gasteiger partial charge in [-0.2, -0.15) is 0 Å². The molecule has 0 aliphatic carbocycles. The van der Waals surface area contributed by atoms with Gasteiger partial charge in [0.15, 0.2) is 0 Å².